The molecule has 7 nitrogen and oxygen atoms in total. The van der Waals surface area contributed by atoms with Crippen LogP contribution < -0.4 is 11.1 Å². The molecule has 0 aliphatic carbocycles. The lowest BCUT2D eigenvalue weighted by atomic mass is 10.1. The lowest BCUT2D eigenvalue weighted by Crippen LogP contribution is -2.05. The van der Waals surface area contributed by atoms with Gasteiger partial charge in [-0.2, -0.15) is 10.1 Å². The van der Waals surface area contributed by atoms with Crippen LogP contribution in [0.3, 0.4) is 0 Å². The Morgan fingerprint density at radius 1 is 1.14 bits per heavy atom. The largest absolute Gasteiger partial charge is 0.368 e. The summed E-state index contributed by atoms with van der Waals surface area (Å²) in [6.07, 6.45) is 3.22. The van der Waals surface area contributed by atoms with Gasteiger partial charge in [0.15, 0.2) is 0 Å². The topological polar surface area (TPSA) is 94.5 Å². The van der Waals surface area contributed by atoms with Crippen molar-refractivity contribution in [3.05, 3.63) is 59.3 Å². The van der Waals surface area contributed by atoms with Crippen molar-refractivity contribution < 1.29 is 0 Å². The molecule has 3 N–H and O–H groups in total. The second-order valence-corrected chi connectivity index (χ2v) is 5.08. The summed E-state index contributed by atoms with van der Waals surface area (Å²) in [5.74, 6) is 0.752. The molecule has 0 aliphatic heterocycles. The van der Waals surface area contributed by atoms with E-state index in [4.69, 9.17) is 17.3 Å². The summed E-state index contributed by atoms with van der Waals surface area (Å²) in [6, 6.07) is 9.84. The Bertz CT molecular complexity index is 720. The van der Waals surface area contributed by atoms with Gasteiger partial charge >= 0.3 is 0 Å². The number of rotatable bonds is 5. The summed E-state index contributed by atoms with van der Waals surface area (Å²) in [6.45, 7) is 1.32. The van der Waals surface area contributed by atoms with Gasteiger partial charge in [0.1, 0.15) is 23.6 Å². The first-order valence-electron chi connectivity index (χ1n) is 6.63. The molecule has 2 aromatic heterocycles. The Morgan fingerprint density at radius 2 is 1.91 bits per heavy atom. The van der Waals surface area contributed by atoms with Gasteiger partial charge in [-0.15, -0.1) is 0 Å². The lowest BCUT2D eigenvalue weighted by Gasteiger charge is -2.07. The van der Waals surface area contributed by atoms with E-state index in [1.807, 2.05) is 12.1 Å². The van der Waals surface area contributed by atoms with E-state index < -0.39 is 0 Å². The lowest BCUT2D eigenvalue weighted by molar-refractivity contribution is 0.684. The fourth-order valence-electron chi connectivity index (χ4n) is 1.98. The van der Waals surface area contributed by atoms with Crippen molar-refractivity contribution in [1.82, 2.24) is 24.7 Å². The summed E-state index contributed by atoms with van der Waals surface area (Å²) in [4.78, 5) is 11.8. The molecule has 0 radical (unpaired) electrons. The monoisotopic (exact) mass is 315 g/mol. The van der Waals surface area contributed by atoms with E-state index in [-0.39, 0.29) is 5.95 Å². The third-order valence-corrected chi connectivity index (χ3v) is 3.21. The zero-order valence-electron chi connectivity index (χ0n) is 11.6. The van der Waals surface area contributed by atoms with Gasteiger partial charge in [-0.25, -0.2) is 14.6 Å². The van der Waals surface area contributed by atoms with Gasteiger partial charge < -0.3 is 11.1 Å². The highest BCUT2D eigenvalue weighted by Crippen LogP contribution is 2.14. The summed E-state index contributed by atoms with van der Waals surface area (Å²) in [5, 5.41) is 7.56. The minimum Gasteiger partial charge on any atom is -0.368 e. The maximum absolute atomic E-state index is 5.84. The van der Waals surface area contributed by atoms with Crippen molar-refractivity contribution in [3.8, 4) is 0 Å². The molecule has 8 heteroatoms. The molecule has 0 amide bonds. The van der Waals surface area contributed by atoms with Gasteiger partial charge in [-0.3, -0.25) is 0 Å². The van der Waals surface area contributed by atoms with E-state index in [1.165, 1.54) is 6.33 Å². The van der Waals surface area contributed by atoms with E-state index in [9.17, 15) is 0 Å². The van der Waals surface area contributed by atoms with Crippen molar-refractivity contribution in [2.75, 3.05) is 11.1 Å². The molecule has 3 rings (SSSR count). The van der Waals surface area contributed by atoms with Gasteiger partial charge in [0.2, 0.25) is 5.95 Å². The minimum absolute atomic E-state index is 0.151. The van der Waals surface area contributed by atoms with Crippen LogP contribution in [0.1, 0.15) is 11.1 Å². The van der Waals surface area contributed by atoms with Crippen LogP contribution in [-0.2, 0) is 13.1 Å². The number of nitrogen functional groups attached to an aromatic ring is 1. The summed E-state index contributed by atoms with van der Waals surface area (Å²) in [7, 11) is 0. The van der Waals surface area contributed by atoms with E-state index in [2.05, 4.69) is 37.5 Å². The van der Waals surface area contributed by atoms with Crippen LogP contribution in [0.2, 0.25) is 5.15 Å². The Kier molecular flexibility index (Phi) is 4.15. The number of nitrogens with zero attached hydrogens (tertiary/aromatic N) is 5. The van der Waals surface area contributed by atoms with Gasteiger partial charge in [0, 0.05) is 12.6 Å². The molecular formula is C14H14ClN7. The van der Waals surface area contributed by atoms with Gasteiger partial charge in [0.05, 0.1) is 6.54 Å². The number of halogens is 1. The molecule has 0 saturated heterocycles. The van der Waals surface area contributed by atoms with Crippen molar-refractivity contribution in [3.63, 3.8) is 0 Å². The third kappa shape index (κ3) is 3.70. The van der Waals surface area contributed by atoms with Crippen LogP contribution in [0.25, 0.3) is 0 Å². The Labute approximate surface area is 132 Å². The van der Waals surface area contributed by atoms with Crippen LogP contribution in [0.5, 0.6) is 0 Å². The second-order valence-electron chi connectivity index (χ2n) is 4.70. The van der Waals surface area contributed by atoms with Crippen LogP contribution >= 0.6 is 11.6 Å². The average Bonchev–Trinajstić information content (AvgIpc) is 2.98. The molecule has 3 aromatic rings. The average molecular weight is 316 g/mol. The van der Waals surface area contributed by atoms with Gasteiger partial charge in [0.25, 0.3) is 0 Å². The smallest absolute Gasteiger partial charge is 0.223 e. The maximum atomic E-state index is 5.84. The predicted octanol–water partition coefficient (Wildman–Crippen LogP) is 1.96. The van der Waals surface area contributed by atoms with Crippen molar-refractivity contribution in [2.24, 2.45) is 0 Å². The number of anilines is 2. The first kappa shape index (κ1) is 14.3. The van der Waals surface area contributed by atoms with Gasteiger partial charge in [-0.1, -0.05) is 35.9 Å². The molecule has 0 spiro atoms. The van der Waals surface area contributed by atoms with E-state index in [0.29, 0.717) is 24.1 Å². The Balaban J connectivity index is 1.61. The van der Waals surface area contributed by atoms with E-state index >= 15 is 0 Å². The minimum atomic E-state index is 0.151. The standard InChI is InChI=1S/C14H14ClN7/c15-12-5-13(21-14(16)20-12)18-6-10-1-3-11(4-2-10)7-22-9-17-8-19-22/h1-5,8-9H,6-7H2,(H3,16,18,20,21). The predicted molar refractivity (Wildman–Crippen MR) is 84.3 cm³/mol. The summed E-state index contributed by atoms with van der Waals surface area (Å²) < 4.78 is 1.78. The summed E-state index contributed by atoms with van der Waals surface area (Å²) in [5.41, 5.74) is 7.83. The molecule has 0 saturated carbocycles. The van der Waals surface area contributed by atoms with E-state index in [0.717, 1.165) is 11.1 Å². The fourth-order valence-corrected chi connectivity index (χ4v) is 2.17. The van der Waals surface area contributed by atoms with Crippen LogP contribution in [0.15, 0.2) is 43.0 Å². The number of hydrogen-bond acceptors (Lipinski definition) is 6. The molecular weight excluding hydrogens is 302 g/mol. The number of nitrogens with one attached hydrogen (secondary N) is 1. The first-order valence-corrected chi connectivity index (χ1v) is 7.01. The number of aromatic nitrogens is 5. The third-order valence-electron chi connectivity index (χ3n) is 3.02. The van der Waals surface area contributed by atoms with Crippen molar-refractivity contribution >= 4 is 23.4 Å². The normalized spacial score (nSPS) is 10.6. The molecule has 1 aromatic carbocycles. The molecule has 0 fully saturated rings. The molecule has 0 aliphatic rings. The van der Waals surface area contributed by atoms with Crippen LogP contribution in [0.4, 0.5) is 11.8 Å². The highest BCUT2D eigenvalue weighted by Gasteiger charge is 2.01. The fraction of sp³-hybridized carbons (Fsp3) is 0.143. The van der Waals surface area contributed by atoms with Crippen LogP contribution in [0, 0.1) is 0 Å². The first-order chi connectivity index (χ1) is 10.7. The highest BCUT2D eigenvalue weighted by molar-refractivity contribution is 6.29. The van der Waals surface area contributed by atoms with Crippen LogP contribution in [-0.4, -0.2) is 24.7 Å². The quantitative estimate of drug-likeness (QED) is 0.699. The molecule has 112 valence electrons. The Morgan fingerprint density at radius 3 is 2.59 bits per heavy atom. The van der Waals surface area contributed by atoms with Crippen molar-refractivity contribution in [2.45, 2.75) is 13.1 Å². The van der Waals surface area contributed by atoms with Gasteiger partial charge in [-0.05, 0) is 11.1 Å². The number of hydrogen-bond donors (Lipinski definition) is 2. The number of benzene rings is 1. The van der Waals surface area contributed by atoms with E-state index in [1.54, 1.807) is 17.1 Å². The molecule has 2 heterocycles. The molecule has 0 bridgehead atoms. The zero-order valence-corrected chi connectivity index (χ0v) is 12.4. The highest BCUT2D eigenvalue weighted by atomic mass is 35.5. The zero-order chi connectivity index (χ0) is 15.4. The maximum Gasteiger partial charge on any atom is 0.223 e. The SMILES string of the molecule is Nc1nc(Cl)cc(NCc2ccc(Cn3cncn3)cc2)n1. The summed E-state index contributed by atoms with van der Waals surface area (Å²) >= 11 is 5.84. The van der Waals surface area contributed by atoms with Crippen molar-refractivity contribution in [1.29, 1.82) is 0 Å². The second kappa shape index (κ2) is 6.40. The Hall–Kier alpha value is -2.67. The molecule has 22 heavy (non-hydrogen) atoms. The molecule has 0 atom stereocenters. The number of nitrogens with two attached hydrogens (primary N) is 1. The molecule has 0 unspecified atom stereocenters.